The van der Waals surface area contributed by atoms with Crippen LogP contribution in [0, 0.1) is 0 Å². The number of likely N-dealkylation sites (N-methyl/N-ethyl adjacent to an activating group) is 1. The number of Topliss-reactive ketones (excluding diaryl/α,β-unsaturated/α-hetero) is 1. The molecule has 1 amide bonds. The van der Waals surface area contributed by atoms with Gasteiger partial charge in [-0.05, 0) is 55.9 Å². The molecule has 0 aromatic heterocycles. The Morgan fingerprint density at radius 3 is 2.22 bits per heavy atom. The Morgan fingerprint density at radius 2 is 1.65 bits per heavy atom. The molecule has 0 unspecified atom stereocenters. The van der Waals surface area contributed by atoms with Crippen molar-refractivity contribution in [2.24, 2.45) is 0 Å². The van der Waals surface area contributed by atoms with E-state index >= 15 is 0 Å². The molecule has 0 aliphatic rings. The van der Waals surface area contributed by atoms with Crippen LogP contribution < -0.4 is 5.32 Å². The second kappa shape index (κ2) is 7.90. The van der Waals surface area contributed by atoms with Crippen LogP contribution in [0.1, 0.15) is 22.8 Å². The SMILES string of the molecule is CC(=O)c1ccc(NC(=O)CN(C)Cc2ccc(Cl)cc2)cc1. The second-order valence-electron chi connectivity index (χ2n) is 5.48. The monoisotopic (exact) mass is 330 g/mol. The Hall–Kier alpha value is -2.17. The van der Waals surface area contributed by atoms with E-state index in [1.165, 1.54) is 6.92 Å². The predicted molar refractivity (Wildman–Crippen MR) is 92.9 cm³/mol. The van der Waals surface area contributed by atoms with Crippen molar-refractivity contribution < 1.29 is 9.59 Å². The Labute approximate surface area is 141 Å². The molecule has 0 fully saturated rings. The molecular weight excluding hydrogens is 312 g/mol. The Kier molecular flexibility index (Phi) is 5.90. The zero-order chi connectivity index (χ0) is 16.8. The summed E-state index contributed by atoms with van der Waals surface area (Å²) >= 11 is 5.85. The maximum absolute atomic E-state index is 12.0. The van der Waals surface area contributed by atoms with E-state index in [1.807, 2.05) is 36.2 Å². The molecule has 23 heavy (non-hydrogen) atoms. The van der Waals surface area contributed by atoms with Crippen LogP contribution in [-0.2, 0) is 11.3 Å². The first-order valence-corrected chi connectivity index (χ1v) is 7.65. The van der Waals surface area contributed by atoms with E-state index in [0.29, 0.717) is 22.8 Å². The first-order chi connectivity index (χ1) is 10.9. The number of benzene rings is 2. The molecule has 1 N–H and O–H groups in total. The molecular formula is C18H19ClN2O2. The normalized spacial score (nSPS) is 10.6. The van der Waals surface area contributed by atoms with Crippen LogP contribution in [0.3, 0.4) is 0 Å². The fraction of sp³-hybridized carbons (Fsp3) is 0.222. The van der Waals surface area contributed by atoms with Crippen molar-refractivity contribution in [2.75, 3.05) is 18.9 Å². The van der Waals surface area contributed by atoms with Gasteiger partial charge in [0.1, 0.15) is 0 Å². The minimum Gasteiger partial charge on any atom is -0.325 e. The van der Waals surface area contributed by atoms with E-state index in [9.17, 15) is 9.59 Å². The number of carbonyl (C=O) groups is 2. The Bertz CT molecular complexity index is 681. The van der Waals surface area contributed by atoms with Gasteiger partial charge in [-0.15, -0.1) is 0 Å². The summed E-state index contributed by atoms with van der Waals surface area (Å²) in [4.78, 5) is 25.2. The van der Waals surface area contributed by atoms with Crippen LogP contribution in [0.2, 0.25) is 5.02 Å². The zero-order valence-electron chi connectivity index (χ0n) is 13.2. The van der Waals surface area contributed by atoms with E-state index in [0.717, 1.165) is 5.56 Å². The number of carbonyl (C=O) groups excluding carboxylic acids is 2. The van der Waals surface area contributed by atoms with Crippen molar-refractivity contribution in [1.82, 2.24) is 4.90 Å². The van der Waals surface area contributed by atoms with Crippen molar-refractivity contribution in [2.45, 2.75) is 13.5 Å². The predicted octanol–water partition coefficient (Wildman–Crippen LogP) is 3.61. The minimum atomic E-state index is -0.1000. The maximum atomic E-state index is 12.0. The quantitative estimate of drug-likeness (QED) is 0.823. The first kappa shape index (κ1) is 17.2. The van der Waals surface area contributed by atoms with Gasteiger partial charge in [0.15, 0.2) is 5.78 Å². The highest BCUT2D eigenvalue weighted by Gasteiger charge is 2.08. The number of anilines is 1. The number of amides is 1. The highest BCUT2D eigenvalue weighted by atomic mass is 35.5. The summed E-state index contributed by atoms with van der Waals surface area (Å²) in [6, 6.07) is 14.4. The molecule has 4 nitrogen and oxygen atoms in total. The molecule has 5 heteroatoms. The van der Waals surface area contributed by atoms with Gasteiger partial charge in [-0.1, -0.05) is 23.7 Å². The van der Waals surface area contributed by atoms with Crippen LogP contribution in [0.25, 0.3) is 0 Å². The molecule has 2 aromatic carbocycles. The molecule has 0 aliphatic heterocycles. The van der Waals surface area contributed by atoms with E-state index < -0.39 is 0 Å². The lowest BCUT2D eigenvalue weighted by Gasteiger charge is -2.16. The molecule has 0 saturated heterocycles. The number of halogens is 1. The van der Waals surface area contributed by atoms with Crippen molar-refractivity contribution >= 4 is 29.0 Å². The van der Waals surface area contributed by atoms with Crippen molar-refractivity contribution in [3.63, 3.8) is 0 Å². The van der Waals surface area contributed by atoms with Crippen LogP contribution in [0.15, 0.2) is 48.5 Å². The number of rotatable bonds is 6. The standard InChI is InChI=1S/C18H19ClN2O2/c1-13(22)15-5-9-17(10-6-15)20-18(23)12-21(2)11-14-3-7-16(19)8-4-14/h3-10H,11-12H2,1-2H3,(H,20,23). The topological polar surface area (TPSA) is 49.4 Å². The molecule has 2 aromatic rings. The number of nitrogens with zero attached hydrogens (tertiary/aromatic N) is 1. The van der Waals surface area contributed by atoms with Crippen molar-refractivity contribution in [3.8, 4) is 0 Å². The van der Waals surface area contributed by atoms with Crippen LogP contribution >= 0.6 is 11.6 Å². The van der Waals surface area contributed by atoms with Crippen LogP contribution in [0.4, 0.5) is 5.69 Å². The largest absolute Gasteiger partial charge is 0.325 e. The smallest absolute Gasteiger partial charge is 0.238 e. The molecule has 120 valence electrons. The zero-order valence-corrected chi connectivity index (χ0v) is 13.9. The number of hydrogen-bond donors (Lipinski definition) is 1. The van der Waals surface area contributed by atoms with Gasteiger partial charge >= 0.3 is 0 Å². The molecule has 0 spiro atoms. The summed E-state index contributed by atoms with van der Waals surface area (Å²) in [6.07, 6.45) is 0. The third-order valence-electron chi connectivity index (χ3n) is 3.35. The lowest BCUT2D eigenvalue weighted by atomic mass is 10.1. The molecule has 0 saturated carbocycles. The van der Waals surface area contributed by atoms with Crippen LogP contribution in [-0.4, -0.2) is 30.2 Å². The fourth-order valence-electron chi connectivity index (χ4n) is 2.19. The lowest BCUT2D eigenvalue weighted by molar-refractivity contribution is -0.117. The first-order valence-electron chi connectivity index (χ1n) is 7.28. The summed E-state index contributed by atoms with van der Waals surface area (Å²) in [6.45, 7) is 2.45. The van der Waals surface area contributed by atoms with Gasteiger partial charge in [0.25, 0.3) is 0 Å². The summed E-state index contributed by atoms with van der Waals surface area (Å²) in [5.41, 5.74) is 2.40. The van der Waals surface area contributed by atoms with E-state index in [-0.39, 0.29) is 18.2 Å². The van der Waals surface area contributed by atoms with Gasteiger partial charge < -0.3 is 5.32 Å². The maximum Gasteiger partial charge on any atom is 0.238 e. The molecule has 0 atom stereocenters. The van der Waals surface area contributed by atoms with Crippen molar-refractivity contribution in [1.29, 1.82) is 0 Å². The molecule has 0 radical (unpaired) electrons. The molecule has 2 rings (SSSR count). The summed E-state index contributed by atoms with van der Waals surface area (Å²) < 4.78 is 0. The number of hydrogen-bond acceptors (Lipinski definition) is 3. The highest BCUT2D eigenvalue weighted by molar-refractivity contribution is 6.30. The van der Waals surface area contributed by atoms with E-state index in [2.05, 4.69) is 5.32 Å². The molecule has 0 bridgehead atoms. The van der Waals surface area contributed by atoms with Gasteiger partial charge in [0.05, 0.1) is 6.54 Å². The summed E-state index contributed by atoms with van der Waals surface area (Å²) in [5.74, 6) is -0.0948. The highest BCUT2D eigenvalue weighted by Crippen LogP contribution is 2.12. The Morgan fingerprint density at radius 1 is 1.04 bits per heavy atom. The van der Waals surface area contributed by atoms with Gasteiger partial charge in [0, 0.05) is 22.8 Å². The number of nitrogens with one attached hydrogen (secondary N) is 1. The lowest BCUT2D eigenvalue weighted by Crippen LogP contribution is -2.29. The second-order valence-corrected chi connectivity index (χ2v) is 5.92. The minimum absolute atomic E-state index is 0.00516. The summed E-state index contributed by atoms with van der Waals surface area (Å²) in [5, 5.41) is 3.52. The van der Waals surface area contributed by atoms with Gasteiger partial charge in [0.2, 0.25) is 5.91 Å². The van der Waals surface area contributed by atoms with E-state index in [1.54, 1.807) is 24.3 Å². The van der Waals surface area contributed by atoms with Gasteiger partial charge in [-0.25, -0.2) is 0 Å². The third-order valence-corrected chi connectivity index (χ3v) is 3.61. The molecule has 0 aliphatic carbocycles. The Balaban J connectivity index is 1.86. The van der Waals surface area contributed by atoms with Crippen LogP contribution in [0.5, 0.6) is 0 Å². The average Bonchev–Trinajstić information content (AvgIpc) is 2.50. The molecule has 0 heterocycles. The van der Waals surface area contributed by atoms with Crippen molar-refractivity contribution in [3.05, 3.63) is 64.7 Å². The van der Waals surface area contributed by atoms with E-state index in [4.69, 9.17) is 11.6 Å². The van der Waals surface area contributed by atoms with Gasteiger partial charge in [-0.2, -0.15) is 0 Å². The summed E-state index contributed by atoms with van der Waals surface area (Å²) in [7, 11) is 1.88. The third kappa shape index (κ3) is 5.51. The average molecular weight is 331 g/mol. The fourth-order valence-corrected chi connectivity index (χ4v) is 2.32. The van der Waals surface area contributed by atoms with Gasteiger partial charge in [-0.3, -0.25) is 14.5 Å². The number of ketones is 1.